The van der Waals surface area contributed by atoms with Gasteiger partial charge in [-0.2, -0.15) is 18.4 Å². The number of benzene rings is 1. The molecule has 1 heterocycles. The van der Waals surface area contributed by atoms with Crippen molar-refractivity contribution < 1.29 is 35.5 Å². The van der Waals surface area contributed by atoms with Gasteiger partial charge in [-0.15, -0.1) is 0 Å². The topological polar surface area (TPSA) is 121 Å². The SMILES string of the molecule is CCC(C)Oc1nc(C(F)(F)F)ccc1C=CC(=O)NCc1cc(F)c(NS(C)(=O)=O)c(C#N)c1. The average molecular weight is 515 g/mol. The lowest BCUT2D eigenvalue weighted by molar-refractivity contribution is -0.141. The van der Waals surface area contributed by atoms with Gasteiger partial charge in [-0.25, -0.2) is 17.8 Å². The minimum absolute atomic E-state index is 0.141. The highest BCUT2D eigenvalue weighted by atomic mass is 32.2. The fraction of sp³-hybridized carbons (Fsp3) is 0.318. The van der Waals surface area contributed by atoms with E-state index < -0.39 is 45.4 Å². The maximum atomic E-state index is 14.3. The number of nitrogens with one attached hydrogen (secondary N) is 2. The molecule has 1 unspecified atom stereocenters. The van der Waals surface area contributed by atoms with E-state index in [2.05, 4.69) is 10.3 Å². The lowest BCUT2D eigenvalue weighted by Crippen LogP contribution is -2.21. The molecule has 0 radical (unpaired) electrons. The van der Waals surface area contributed by atoms with E-state index in [-0.39, 0.29) is 29.1 Å². The molecule has 0 aliphatic heterocycles. The van der Waals surface area contributed by atoms with Crippen molar-refractivity contribution in [3.8, 4) is 11.9 Å². The number of aromatic nitrogens is 1. The summed E-state index contributed by atoms with van der Waals surface area (Å²) in [5.74, 6) is -1.96. The number of amides is 1. The van der Waals surface area contributed by atoms with E-state index in [4.69, 9.17) is 4.74 Å². The molecule has 8 nitrogen and oxygen atoms in total. The largest absolute Gasteiger partial charge is 0.474 e. The number of sulfonamides is 1. The summed E-state index contributed by atoms with van der Waals surface area (Å²) in [6.07, 6.45) is -1.51. The molecular weight excluding hydrogens is 492 g/mol. The molecule has 0 aliphatic carbocycles. The number of nitrogens with zero attached hydrogens (tertiary/aromatic N) is 2. The van der Waals surface area contributed by atoms with Gasteiger partial charge in [0, 0.05) is 18.2 Å². The number of carbonyl (C=O) groups excluding carboxylic acids is 1. The zero-order valence-corrected chi connectivity index (χ0v) is 19.7. The Hall–Kier alpha value is -3.66. The number of anilines is 1. The van der Waals surface area contributed by atoms with E-state index in [0.717, 1.165) is 30.5 Å². The van der Waals surface area contributed by atoms with Crippen LogP contribution in [0.2, 0.25) is 0 Å². The van der Waals surface area contributed by atoms with Gasteiger partial charge in [-0.05, 0) is 49.2 Å². The zero-order chi connectivity index (χ0) is 26.4. The van der Waals surface area contributed by atoms with Crippen LogP contribution in [0.15, 0.2) is 30.3 Å². The number of ether oxygens (including phenoxy) is 1. The molecular formula is C22H22F4N4O4S. The van der Waals surface area contributed by atoms with E-state index in [1.165, 1.54) is 12.1 Å². The van der Waals surface area contributed by atoms with Gasteiger partial charge in [0.05, 0.1) is 17.9 Å². The Morgan fingerprint density at radius 1 is 1.31 bits per heavy atom. The molecule has 1 atom stereocenters. The van der Waals surface area contributed by atoms with Crippen molar-refractivity contribution in [2.75, 3.05) is 11.0 Å². The number of pyridine rings is 1. The predicted octanol–water partition coefficient (Wildman–Crippen LogP) is 3.99. The summed E-state index contributed by atoms with van der Waals surface area (Å²) in [4.78, 5) is 15.7. The van der Waals surface area contributed by atoms with Crippen molar-refractivity contribution in [2.24, 2.45) is 0 Å². The summed E-state index contributed by atoms with van der Waals surface area (Å²) in [7, 11) is -3.83. The van der Waals surface area contributed by atoms with Crippen LogP contribution in [0.3, 0.4) is 0 Å². The zero-order valence-electron chi connectivity index (χ0n) is 18.9. The molecule has 1 amide bonds. The van der Waals surface area contributed by atoms with Crippen LogP contribution in [0.1, 0.15) is 42.7 Å². The third kappa shape index (κ3) is 8.25. The van der Waals surface area contributed by atoms with E-state index >= 15 is 0 Å². The number of hydrogen-bond acceptors (Lipinski definition) is 6. The Bertz CT molecular complexity index is 1270. The third-order valence-corrected chi connectivity index (χ3v) is 5.08. The average Bonchev–Trinajstić information content (AvgIpc) is 2.76. The molecule has 0 saturated carbocycles. The second kappa shape index (κ2) is 11.2. The molecule has 13 heteroatoms. The van der Waals surface area contributed by atoms with Crippen molar-refractivity contribution in [1.82, 2.24) is 10.3 Å². The van der Waals surface area contributed by atoms with Crippen LogP contribution in [-0.4, -0.2) is 31.7 Å². The maximum absolute atomic E-state index is 14.3. The van der Waals surface area contributed by atoms with E-state index in [9.17, 15) is 36.0 Å². The first-order chi connectivity index (χ1) is 16.2. The van der Waals surface area contributed by atoms with Crippen LogP contribution in [0.25, 0.3) is 6.08 Å². The van der Waals surface area contributed by atoms with Crippen LogP contribution in [0, 0.1) is 17.1 Å². The number of hydrogen-bond donors (Lipinski definition) is 2. The maximum Gasteiger partial charge on any atom is 0.433 e. The molecule has 0 aliphatic rings. The second-order valence-electron chi connectivity index (χ2n) is 7.46. The smallest absolute Gasteiger partial charge is 0.433 e. The Kier molecular flexibility index (Phi) is 8.81. The van der Waals surface area contributed by atoms with Gasteiger partial charge in [0.2, 0.25) is 21.8 Å². The molecule has 35 heavy (non-hydrogen) atoms. The van der Waals surface area contributed by atoms with Crippen LogP contribution in [0.5, 0.6) is 5.88 Å². The highest BCUT2D eigenvalue weighted by Crippen LogP contribution is 2.31. The highest BCUT2D eigenvalue weighted by molar-refractivity contribution is 7.92. The Balaban J connectivity index is 2.18. The Morgan fingerprint density at radius 2 is 2.00 bits per heavy atom. The molecule has 0 bridgehead atoms. The van der Waals surface area contributed by atoms with Crippen molar-refractivity contribution in [1.29, 1.82) is 5.26 Å². The van der Waals surface area contributed by atoms with Crippen LogP contribution < -0.4 is 14.8 Å². The number of nitriles is 1. The summed E-state index contributed by atoms with van der Waals surface area (Å²) in [6, 6.07) is 5.73. The summed E-state index contributed by atoms with van der Waals surface area (Å²) in [5.41, 5.74) is -1.60. The number of carbonyl (C=O) groups is 1. The minimum atomic E-state index is -4.67. The third-order valence-electron chi connectivity index (χ3n) is 4.51. The normalized spacial score (nSPS) is 12.7. The standard InChI is InChI=1S/C22H22F4N4O4S/c1-4-13(2)34-21-15(5-7-18(29-21)22(24,25)26)6-8-19(31)28-12-14-9-16(11-27)20(17(23)10-14)30-35(3,32)33/h5-10,13,30H,4,12H2,1-3H3,(H,28,31). The number of halogens is 4. The van der Waals surface area contributed by atoms with E-state index in [1.54, 1.807) is 19.9 Å². The van der Waals surface area contributed by atoms with Crippen molar-refractivity contribution in [3.05, 3.63) is 58.5 Å². The summed E-state index contributed by atoms with van der Waals surface area (Å²) >= 11 is 0. The monoisotopic (exact) mass is 514 g/mol. The highest BCUT2D eigenvalue weighted by Gasteiger charge is 2.33. The molecule has 0 fully saturated rings. The Labute approximate surface area is 199 Å². The molecule has 2 aromatic rings. The van der Waals surface area contributed by atoms with Crippen LogP contribution >= 0.6 is 0 Å². The predicted molar refractivity (Wildman–Crippen MR) is 120 cm³/mol. The summed E-state index contributed by atoms with van der Waals surface area (Å²) < 4.78 is 83.4. The van der Waals surface area contributed by atoms with Crippen molar-refractivity contribution in [3.63, 3.8) is 0 Å². The van der Waals surface area contributed by atoms with Gasteiger partial charge < -0.3 is 10.1 Å². The first-order valence-electron chi connectivity index (χ1n) is 10.1. The first-order valence-corrected chi connectivity index (χ1v) is 12.0. The molecule has 2 N–H and O–H groups in total. The fourth-order valence-electron chi connectivity index (χ4n) is 2.66. The van der Waals surface area contributed by atoms with Gasteiger partial charge in [0.25, 0.3) is 0 Å². The Morgan fingerprint density at radius 3 is 2.57 bits per heavy atom. The van der Waals surface area contributed by atoms with Gasteiger partial charge in [-0.3, -0.25) is 9.52 Å². The molecule has 188 valence electrons. The second-order valence-corrected chi connectivity index (χ2v) is 9.21. The molecule has 1 aromatic carbocycles. The molecule has 0 saturated heterocycles. The quantitative estimate of drug-likeness (QED) is 0.386. The van der Waals surface area contributed by atoms with Gasteiger partial charge in [0.15, 0.2) is 0 Å². The van der Waals surface area contributed by atoms with Gasteiger partial charge in [0.1, 0.15) is 23.3 Å². The van der Waals surface area contributed by atoms with Crippen molar-refractivity contribution in [2.45, 2.75) is 39.1 Å². The molecule has 2 rings (SSSR count). The fourth-order valence-corrected chi connectivity index (χ4v) is 3.24. The molecule has 0 spiro atoms. The molecule has 1 aromatic heterocycles. The van der Waals surface area contributed by atoms with E-state index in [1.807, 2.05) is 4.72 Å². The number of rotatable bonds is 9. The minimum Gasteiger partial charge on any atom is -0.474 e. The van der Waals surface area contributed by atoms with E-state index in [0.29, 0.717) is 6.42 Å². The summed E-state index contributed by atoms with van der Waals surface area (Å²) in [5, 5.41) is 11.6. The van der Waals surface area contributed by atoms with Crippen LogP contribution in [-0.2, 0) is 27.5 Å². The summed E-state index contributed by atoms with van der Waals surface area (Å²) in [6.45, 7) is 3.23. The van der Waals surface area contributed by atoms with Crippen LogP contribution in [0.4, 0.5) is 23.2 Å². The number of alkyl halides is 3. The lowest BCUT2D eigenvalue weighted by Gasteiger charge is -2.15. The van der Waals surface area contributed by atoms with Gasteiger partial charge in [-0.1, -0.05) is 6.92 Å². The van der Waals surface area contributed by atoms with Gasteiger partial charge >= 0.3 is 6.18 Å². The first kappa shape index (κ1) is 27.6. The lowest BCUT2D eigenvalue weighted by atomic mass is 10.1. The van der Waals surface area contributed by atoms with Crippen molar-refractivity contribution >= 4 is 27.7 Å².